The van der Waals surface area contributed by atoms with Gasteiger partial charge in [-0.1, -0.05) is 49.3 Å². The minimum absolute atomic E-state index is 0.261. The van der Waals surface area contributed by atoms with Crippen LogP contribution in [0.4, 0.5) is 0 Å². The fourth-order valence-corrected chi connectivity index (χ4v) is 4.69. The van der Waals surface area contributed by atoms with Crippen LogP contribution >= 0.6 is 23.4 Å². The van der Waals surface area contributed by atoms with Crippen molar-refractivity contribution in [2.45, 2.75) is 45.9 Å². The van der Waals surface area contributed by atoms with Crippen LogP contribution in [0.25, 0.3) is 0 Å². The molecule has 1 N–H and O–H groups in total. The number of aryl methyl sites for hydroxylation is 1. The van der Waals surface area contributed by atoms with Crippen molar-refractivity contribution < 1.29 is 19.1 Å². The maximum atomic E-state index is 12.2. The van der Waals surface area contributed by atoms with Gasteiger partial charge < -0.3 is 14.8 Å². The SMILES string of the molecule is CC(=O)NC1=NN(C(C)=O)C(c2cc(Cl)ccc2OCCOc2cc(C)ccc2C(C)C)S1. The number of amidine groups is 1. The Labute approximate surface area is 203 Å². The number of rotatable bonds is 7. The number of thioether (sulfide) groups is 1. The van der Waals surface area contributed by atoms with Gasteiger partial charge in [-0.3, -0.25) is 9.59 Å². The molecular formula is C24H28ClN3O4S. The lowest BCUT2D eigenvalue weighted by Crippen LogP contribution is -2.25. The fourth-order valence-electron chi connectivity index (χ4n) is 3.36. The molecule has 2 aromatic carbocycles. The summed E-state index contributed by atoms with van der Waals surface area (Å²) < 4.78 is 12.0. The zero-order valence-electron chi connectivity index (χ0n) is 19.3. The molecule has 33 heavy (non-hydrogen) atoms. The molecule has 176 valence electrons. The van der Waals surface area contributed by atoms with Crippen molar-refractivity contribution in [1.29, 1.82) is 0 Å². The second-order valence-electron chi connectivity index (χ2n) is 8.00. The van der Waals surface area contributed by atoms with Crippen LogP contribution in [0.5, 0.6) is 11.5 Å². The number of carbonyl (C=O) groups excluding carboxylic acids is 2. The van der Waals surface area contributed by atoms with E-state index < -0.39 is 5.37 Å². The molecule has 1 aliphatic heterocycles. The molecule has 0 aliphatic carbocycles. The fraction of sp³-hybridized carbons (Fsp3) is 0.375. The number of amides is 2. The highest BCUT2D eigenvalue weighted by Gasteiger charge is 2.34. The Kier molecular flexibility index (Phi) is 8.26. The standard InChI is InChI=1S/C24H28ClN3O4S/c1-14(2)19-8-6-15(3)12-22(19)32-11-10-31-21-9-7-18(25)13-20(21)23-28(17(5)30)27-24(33-23)26-16(4)29/h6-9,12-14,23H,10-11H2,1-5H3,(H,26,27,29). The quantitative estimate of drug-likeness (QED) is 0.538. The molecule has 3 rings (SSSR count). The molecule has 1 heterocycles. The van der Waals surface area contributed by atoms with Crippen LogP contribution < -0.4 is 14.8 Å². The molecule has 2 aromatic rings. The lowest BCUT2D eigenvalue weighted by molar-refractivity contribution is -0.129. The van der Waals surface area contributed by atoms with E-state index in [0.717, 1.165) is 16.9 Å². The molecule has 1 unspecified atom stereocenters. The molecule has 0 bridgehead atoms. The third-order valence-corrected chi connectivity index (χ3v) is 6.20. The van der Waals surface area contributed by atoms with E-state index in [0.29, 0.717) is 40.6 Å². The molecule has 1 atom stereocenters. The zero-order chi connectivity index (χ0) is 24.1. The third-order valence-electron chi connectivity index (χ3n) is 4.88. The van der Waals surface area contributed by atoms with E-state index in [-0.39, 0.29) is 11.8 Å². The Morgan fingerprint density at radius 3 is 2.45 bits per heavy atom. The van der Waals surface area contributed by atoms with Crippen molar-refractivity contribution in [2.75, 3.05) is 13.2 Å². The number of nitrogens with zero attached hydrogens (tertiary/aromatic N) is 2. The maximum Gasteiger partial charge on any atom is 0.241 e. The van der Waals surface area contributed by atoms with Crippen LogP contribution in [0.15, 0.2) is 41.5 Å². The van der Waals surface area contributed by atoms with Crippen molar-refractivity contribution >= 4 is 40.3 Å². The van der Waals surface area contributed by atoms with Crippen molar-refractivity contribution in [3.63, 3.8) is 0 Å². The third kappa shape index (κ3) is 6.42. The van der Waals surface area contributed by atoms with Gasteiger partial charge in [-0.2, -0.15) is 0 Å². The van der Waals surface area contributed by atoms with E-state index in [1.54, 1.807) is 18.2 Å². The average Bonchev–Trinajstić information content (AvgIpc) is 3.15. The first kappa shape index (κ1) is 24.9. The predicted molar refractivity (Wildman–Crippen MR) is 132 cm³/mol. The molecule has 0 spiro atoms. The van der Waals surface area contributed by atoms with Crippen LogP contribution in [0.3, 0.4) is 0 Å². The lowest BCUT2D eigenvalue weighted by Gasteiger charge is -2.22. The molecule has 9 heteroatoms. The normalized spacial score (nSPS) is 15.4. The molecule has 0 radical (unpaired) electrons. The van der Waals surface area contributed by atoms with E-state index in [4.69, 9.17) is 21.1 Å². The Morgan fingerprint density at radius 1 is 1.12 bits per heavy atom. The summed E-state index contributed by atoms with van der Waals surface area (Å²) in [6.45, 7) is 9.76. The number of benzene rings is 2. The first-order valence-corrected chi connectivity index (χ1v) is 11.9. The Bertz CT molecular complexity index is 1070. The van der Waals surface area contributed by atoms with Gasteiger partial charge >= 0.3 is 0 Å². The summed E-state index contributed by atoms with van der Waals surface area (Å²) in [4.78, 5) is 23.6. The molecule has 0 saturated heterocycles. The van der Waals surface area contributed by atoms with Crippen LogP contribution in [0, 0.1) is 6.92 Å². The van der Waals surface area contributed by atoms with Crippen LogP contribution in [-0.4, -0.2) is 35.2 Å². The Morgan fingerprint density at radius 2 is 1.82 bits per heavy atom. The number of hydrogen-bond acceptors (Lipinski definition) is 6. The molecular weight excluding hydrogens is 462 g/mol. The highest BCUT2D eigenvalue weighted by Crippen LogP contribution is 2.43. The van der Waals surface area contributed by atoms with E-state index >= 15 is 0 Å². The minimum atomic E-state index is -0.511. The van der Waals surface area contributed by atoms with Crippen molar-refractivity contribution in [3.8, 4) is 11.5 Å². The van der Waals surface area contributed by atoms with E-state index in [9.17, 15) is 9.59 Å². The van der Waals surface area contributed by atoms with Gasteiger partial charge in [0.25, 0.3) is 0 Å². The van der Waals surface area contributed by atoms with Gasteiger partial charge in [-0.05, 0) is 48.2 Å². The van der Waals surface area contributed by atoms with Gasteiger partial charge in [0.2, 0.25) is 11.8 Å². The maximum absolute atomic E-state index is 12.2. The summed E-state index contributed by atoms with van der Waals surface area (Å²) in [5.41, 5.74) is 2.97. The van der Waals surface area contributed by atoms with E-state index in [1.165, 1.54) is 30.6 Å². The average molecular weight is 490 g/mol. The van der Waals surface area contributed by atoms with Gasteiger partial charge in [0.1, 0.15) is 30.1 Å². The summed E-state index contributed by atoms with van der Waals surface area (Å²) in [5, 5.41) is 8.52. The molecule has 1 aliphatic rings. The highest BCUT2D eigenvalue weighted by molar-refractivity contribution is 8.14. The molecule has 0 aromatic heterocycles. The van der Waals surface area contributed by atoms with Gasteiger partial charge in [-0.25, -0.2) is 5.01 Å². The van der Waals surface area contributed by atoms with Gasteiger partial charge in [0.05, 0.1) is 0 Å². The Balaban J connectivity index is 1.73. The summed E-state index contributed by atoms with van der Waals surface area (Å²) in [6.07, 6.45) is 0. The largest absolute Gasteiger partial charge is 0.490 e. The number of hydrogen-bond donors (Lipinski definition) is 1. The topological polar surface area (TPSA) is 80.2 Å². The number of ether oxygens (including phenoxy) is 2. The predicted octanol–water partition coefficient (Wildman–Crippen LogP) is 5.23. The summed E-state index contributed by atoms with van der Waals surface area (Å²) >= 11 is 7.49. The van der Waals surface area contributed by atoms with Gasteiger partial charge in [0, 0.05) is 24.4 Å². The smallest absolute Gasteiger partial charge is 0.241 e. The zero-order valence-corrected chi connectivity index (χ0v) is 20.9. The van der Waals surface area contributed by atoms with E-state index in [1.807, 2.05) is 13.0 Å². The number of nitrogens with one attached hydrogen (secondary N) is 1. The molecule has 0 fully saturated rings. The second-order valence-corrected chi connectivity index (χ2v) is 9.50. The van der Waals surface area contributed by atoms with Crippen LogP contribution in [0.1, 0.15) is 55.7 Å². The van der Waals surface area contributed by atoms with Gasteiger partial charge in [0.15, 0.2) is 5.17 Å². The lowest BCUT2D eigenvalue weighted by atomic mass is 10.0. The van der Waals surface area contributed by atoms with E-state index in [2.05, 4.69) is 36.4 Å². The van der Waals surface area contributed by atoms with Crippen LogP contribution in [-0.2, 0) is 9.59 Å². The first-order chi connectivity index (χ1) is 15.7. The first-order valence-electron chi connectivity index (χ1n) is 10.6. The molecule has 7 nitrogen and oxygen atoms in total. The summed E-state index contributed by atoms with van der Waals surface area (Å²) in [7, 11) is 0. The van der Waals surface area contributed by atoms with Crippen LogP contribution in [0.2, 0.25) is 5.02 Å². The Hall–Kier alpha value is -2.71. The molecule has 0 saturated carbocycles. The summed E-state index contributed by atoms with van der Waals surface area (Å²) in [5.74, 6) is 1.25. The monoisotopic (exact) mass is 489 g/mol. The highest BCUT2D eigenvalue weighted by atomic mass is 35.5. The van der Waals surface area contributed by atoms with Crippen molar-refractivity contribution in [1.82, 2.24) is 10.3 Å². The number of hydrazone groups is 1. The van der Waals surface area contributed by atoms with Crippen molar-refractivity contribution in [3.05, 3.63) is 58.1 Å². The molecule has 2 amide bonds. The second kappa shape index (κ2) is 10.9. The van der Waals surface area contributed by atoms with Gasteiger partial charge in [-0.15, -0.1) is 5.10 Å². The minimum Gasteiger partial charge on any atom is -0.490 e. The number of carbonyl (C=O) groups is 2. The van der Waals surface area contributed by atoms with Crippen molar-refractivity contribution in [2.24, 2.45) is 5.10 Å². The number of halogens is 1. The summed E-state index contributed by atoms with van der Waals surface area (Å²) in [6, 6.07) is 11.4.